The number of rotatable bonds is 5. The van der Waals surface area contributed by atoms with Gasteiger partial charge in [0.05, 0.1) is 0 Å². The molecule has 1 aromatic rings. The summed E-state index contributed by atoms with van der Waals surface area (Å²) in [5.41, 5.74) is 0.852. The summed E-state index contributed by atoms with van der Waals surface area (Å²) in [6.07, 6.45) is -4.25. The van der Waals surface area contributed by atoms with E-state index in [1.165, 1.54) is 0 Å². The third-order valence-electron chi connectivity index (χ3n) is 2.20. The van der Waals surface area contributed by atoms with E-state index in [0.29, 0.717) is 18.1 Å². The zero-order chi connectivity index (χ0) is 13.4. The molecule has 0 radical (unpaired) electrons. The molecule has 0 saturated heterocycles. The zero-order valence-corrected chi connectivity index (χ0v) is 10.6. The lowest BCUT2D eigenvalue weighted by Gasteiger charge is -2.10. The maximum Gasteiger partial charge on any atom is 0.389 e. The smallest absolute Gasteiger partial charge is 0.362 e. The Morgan fingerprint density at radius 1 is 1.11 bits per heavy atom. The Kier molecular flexibility index (Phi) is 5.91. The lowest BCUT2D eigenvalue weighted by Crippen LogP contribution is -2.29. The van der Waals surface area contributed by atoms with Gasteiger partial charge < -0.3 is 10.6 Å². The maximum atomic E-state index is 11.9. The number of hydrogen-bond donors (Lipinski definition) is 2. The number of hydrogen-bond acceptors (Lipinski definition) is 1. The van der Waals surface area contributed by atoms with Gasteiger partial charge in [0, 0.05) is 18.7 Å². The highest BCUT2D eigenvalue weighted by Crippen LogP contribution is 2.21. The minimum Gasteiger partial charge on any atom is -0.362 e. The minimum atomic E-state index is -4.07. The van der Waals surface area contributed by atoms with Crippen molar-refractivity contribution in [2.45, 2.75) is 25.4 Å². The maximum absolute atomic E-state index is 11.9. The minimum absolute atomic E-state index is 0.116. The molecule has 0 aromatic heterocycles. The fourth-order valence-electron chi connectivity index (χ4n) is 1.35. The zero-order valence-electron chi connectivity index (χ0n) is 9.76. The van der Waals surface area contributed by atoms with Crippen LogP contribution in [0.25, 0.3) is 0 Å². The Balaban J connectivity index is 2.11. The first-order chi connectivity index (χ1) is 8.47. The summed E-state index contributed by atoms with van der Waals surface area (Å²) in [4.78, 5) is 0. The summed E-state index contributed by atoms with van der Waals surface area (Å²) >= 11 is 5.01. The van der Waals surface area contributed by atoms with Crippen molar-refractivity contribution in [1.29, 1.82) is 0 Å². The average molecular weight is 276 g/mol. The van der Waals surface area contributed by atoms with Gasteiger partial charge >= 0.3 is 6.18 Å². The number of unbranched alkanes of at least 4 members (excludes halogenated alkanes) is 1. The van der Waals surface area contributed by atoms with E-state index in [9.17, 15) is 13.2 Å². The van der Waals surface area contributed by atoms with Crippen molar-refractivity contribution in [3.63, 3.8) is 0 Å². The highest BCUT2D eigenvalue weighted by Gasteiger charge is 2.25. The molecule has 1 rings (SSSR count). The van der Waals surface area contributed by atoms with Crippen LogP contribution in [0.3, 0.4) is 0 Å². The largest absolute Gasteiger partial charge is 0.389 e. The van der Waals surface area contributed by atoms with E-state index in [0.717, 1.165) is 5.69 Å². The molecule has 0 bridgehead atoms. The van der Waals surface area contributed by atoms with Gasteiger partial charge in [0.1, 0.15) is 0 Å². The van der Waals surface area contributed by atoms with Crippen molar-refractivity contribution >= 4 is 23.0 Å². The summed E-state index contributed by atoms with van der Waals surface area (Å²) in [7, 11) is 0. The number of anilines is 1. The summed E-state index contributed by atoms with van der Waals surface area (Å²) in [6, 6.07) is 9.34. The van der Waals surface area contributed by atoms with Crippen LogP contribution in [-0.2, 0) is 0 Å². The molecule has 100 valence electrons. The molecule has 2 nitrogen and oxygen atoms in total. The molecule has 0 unspecified atom stereocenters. The van der Waals surface area contributed by atoms with Gasteiger partial charge in [-0.05, 0) is 37.2 Å². The number of halogens is 3. The second kappa shape index (κ2) is 7.20. The molecule has 0 saturated carbocycles. The normalized spacial score (nSPS) is 11.1. The molecule has 2 N–H and O–H groups in total. The fourth-order valence-corrected chi connectivity index (χ4v) is 1.57. The van der Waals surface area contributed by atoms with Crippen LogP contribution in [0, 0.1) is 0 Å². The third-order valence-corrected chi connectivity index (χ3v) is 2.45. The molecule has 18 heavy (non-hydrogen) atoms. The molecule has 0 amide bonds. The lowest BCUT2D eigenvalue weighted by atomic mass is 10.2. The summed E-state index contributed by atoms with van der Waals surface area (Å²) in [5.74, 6) is 0. The summed E-state index contributed by atoms with van der Waals surface area (Å²) in [5, 5.41) is 6.24. The topological polar surface area (TPSA) is 24.1 Å². The molecule has 0 spiro atoms. The number of alkyl halides is 3. The summed E-state index contributed by atoms with van der Waals surface area (Å²) in [6.45, 7) is 0.439. The summed E-state index contributed by atoms with van der Waals surface area (Å²) < 4.78 is 35.6. The fraction of sp³-hybridized carbons (Fsp3) is 0.417. The number of para-hydroxylation sites is 1. The Bertz CT molecular complexity index is 365. The van der Waals surface area contributed by atoms with Crippen LogP contribution in [0.1, 0.15) is 19.3 Å². The predicted molar refractivity (Wildman–Crippen MR) is 70.6 cm³/mol. The molecule has 0 atom stereocenters. The average Bonchev–Trinajstić information content (AvgIpc) is 2.28. The third kappa shape index (κ3) is 7.11. The second-order valence-corrected chi connectivity index (χ2v) is 4.23. The highest BCUT2D eigenvalue weighted by molar-refractivity contribution is 7.80. The quantitative estimate of drug-likeness (QED) is 0.633. The molecular formula is C12H15F3N2S. The molecule has 0 heterocycles. The van der Waals surface area contributed by atoms with Gasteiger partial charge in [-0.25, -0.2) is 0 Å². The van der Waals surface area contributed by atoms with E-state index in [1.54, 1.807) is 0 Å². The Labute approximate surface area is 110 Å². The monoisotopic (exact) mass is 276 g/mol. The Morgan fingerprint density at radius 3 is 2.39 bits per heavy atom. The molecule has 1 aromatic carbocycles. The standard InChI is InChI=1S/C12H15F3N2S/c13-12(14,15)8-4-5-9-16-11(18)17-10-6-2-1-3-7-10/h1-3,6-7H,4-5,8-9H2,(H2,16,17,18). The van der Waals surface area contributed by atoms with E-state index >= 15 is 0 Å². The van der Waals surface area contributed by atoms with Crippen LogP contribution < -0.4 is 10.6 Å². The SMILES string of the molecule is FC(F)(F)CCCCNC(=S)Nc1ccccc1. The molecular weight excluding hydrogens is 261 g/mol. The van der Waals surface area contributed by atoms with Crippen molar-refractivity contribution in [3.05, 3.63) is 30.3 Å². The first-order valence-corrected chi connectivity index (χ1v) is 6.05. The highest BCUT2D eigenvalue weighted by atomic mass is 32.1. The van der Waals surface area contributed by atoms with Gasteiger partial charge in [-0.15, -0.1) is 0 Å². The van der Waals surface area contributed by atoms with Crippen LogP contribution in [0.4, 0.5) is 18.9 Å². The van der Waals surface area contributed by atoms with E-state index in [1.807, 2.05) is 30.3 Å². The van der Waals surface area contributed by atoms with Crippen molar-refractivity contribution in [1.82, 2.24) is 5.32 Å². The molecule has 6 heteroatoms. The van der Waals surface area contributed by atoms with E-state index in [2.05, 4.69) is 10.6 Å². The Morgan fingerprint density at radius 2 is 1.78 bits per heavy atom. The molecule has 0 aliphatic heterocycles. The van der Waals surface area contributed by atoms with Crippen LogP contribution in [-0.4, -0.2) is 17.8 Å². The molecule has 0 aliphatic carbocycles. The number of thiocarbonyl (C=S) groups is 1. The van der Waals surface area contributed by atoms with Gasteiger partial charge in [0.25, 0.3) is 0 Å². The van der Waals surface area contributed by atoms with Crippen LogP contribution >= 0.6 is 12.2 Å². The first-order valence-electron chi connectivity index (χ1n) is 5.64. The van der Waals surface area contributed by atoms with E-state index in [4.69, 9.17) is 12.2 Å². The van der Waals surface area contributed by atoms with Crippen LogP contribution in [0.15, 0.2) is 30.3 Å². The molecule has 0 fully saturated rings. The van der Waals surface area contributed by atoms with Crippen molar-refractivity contribution in [2.75, 3.05) is 11.9 Å². The van der Waals surface area contributed by atoms with Crippen molar-refractivity contribution < 1.29 is 13.2 Å². The van der Waals surface area contributed by atoms with Crippen molar-refractivity contribution in [2.24, 2.45) is 0 Å². The van der Waals surface area contributed by atoms with Gasteiger partial charge in [0.2, 0.25) is 0 Å². The van der Waals surface area contributed by atoms with Crippen LogP contribution in [0.5, 0.6) is 0 Å². The van der Waals surface area contributed by atoms with Gasteiger partial charge in [-0.3, -0.25) is 0 Å². The van der Waals surface area contributed by atoms with Gasteiger partial charge in [-0.2, -0.15) is 13.2 Å². The van der Waals surface area contributed by atoms with E-state index < -0.39 is 12.6 Å². The second-order valence-electron chi connectivity index (χ2n) is 3.82. The number of nitrogens with one attached hydrogen (secondary N) is 2. The lowest BCUT2D eigenvalue weighted by molar-refractivity contribution is -0.135. The van der Waals surface area contributed by atoms with Gasteiger partial charge in [-0.1, -0.05) is 18.2 Å². The number of benzene rings is 1. The first kappa shape index (κ1) is 14.8. The van der Waals surface area contributed by atoms with Crippen LogP contribution in [0.2, 0.25) is 0 Å². The molecule has 0 aliphatic rings. The Hall–Kier alpha value is -1.30. The van der Waals surface area contributed by atoms with E-state index in [-0.39, 0.29) is 6.42 Å². The van der Waals surface area contributed by atoms with Crippen molar-refractivity contribution in [3.8, 4) is 0 Å². The predicted octanol–water partition coefficient (Wildman–Crippen LogP) is 3.71. The van der Waals surface area contributed by atoms with Gasteiger partial charge in [0.15, 0.2) is 5.11 Å².